The second-order valence-corrected chi connectivity index (χ2v) is 6.23. The SMILES string of the molecule is C[C@@H](NC(=O)Cc1n[nH]c(=O)c2ccccc12)C(=O)Nc1nccs1. The van der Waals surface area contributed by atoms with Gasteiger partial charge in [0.25, 0.3) is 5.56 Å². The number of hydrogen-bond acceptors (Lipinski definition) is 6. The van der Waals surface area contributed by atoms with Gasteiger partial charge in [-0.2, -0.15) is 5.10 Å². The van der Waals surface area contributed by atoms with Crippen LogP contribution in [-0.4, -0.2) is 33.0 Å². The highest BCUT2D eigenvalue weighted by Gasteiger charge is 2.18. The molecular formula is C16H15N5O3S. The number of carbonyl (C=O) groups is 2. The van der Waals surface area contributed by atoms with Gasteiger partial charge in [0, 0.05) is 17.0 Å². The van der Waals surface area contributed by atoms with E-state index in [1.165, 1.54) is 11.3 Å². The van der Waals surface area contributed by atoms with Crippen LogP contribution < -0.4 is 16.2 Å². The van der Waals surface area contributed by atoms with Crippen molar-refractivity contribution in [3.05, 3.63) is 51.9 Å². The maximum absolute atomic E-state index is 12.2. The summed E-state index contributed by atoms with van der Waals surface area (Å²) in [6.07, 6.45) is 1.53. The molecule has 8 nitrogen and oxygen atoms in total. The fourth-order valence-corrected chi connectivity index (χ4v) is 2.85. The Hall–Kier alpha value is -3.07. The maximum atomic E-state index is 12.2. The maximum Gasteiger partial charge on any atom is 0.272 e. The van der Waals surface area contributed by atoms with Crippen LogP contribution in [0.25, 0.3) is 10.8 Å². The molecule has 0 unspecified atom stereocenters. The van der Waals surface area contributed by atoms with Crippen LogP contribution in [0.5, 0.6) is 0 Å². The molecule has 0 aliphatic heterocycles. The van der Waals surface area contributed by atoms with Gasteiger partial charge in [-0.05, 0) is 13.0 Å². The molecule has 1 atom stereocenters. The third kappa shape index (κ3) is 3.89. The third-order valence-corrected chi connectivity index (χ3v) is 4.22. The number of anilines is 1. The molecule has 0 aliphatic carbocycles. The van der Waals surface area contributed by atoms with Crippen LogP contribution in [0.15, 0.2) is 40.6 Å². The van der Waals surface area contributed by atoms with E-state index < -0.39 is 6.04 Å². The Morgan fingerprint density at radius 1 is 1.28 bits per heavy atom. The van der Waals surface area contributed by atoms with E-state index >= 15 is 0 Å². The van der Waals surface area contributed by atoms with E-state index in [4.69, 9.17) is 0 Å². The van der Waals surface area contributed by atoms with Crippen molar-refractivity contribution in [2.45, 2.75) is 19.4 Å². The molecule has 0 bridgehead atoms. The van der Waals surface area contributed by atoms with Crippen molar-refractivity contribution in [1.82, 2.24) is 20.5 Å². The third-order valence-electron chi connectivity index (χ3n) is 3.54. The number of nitrogens with zero attached hydrogens (tertiary/aromatic N) is 2. The average molecular weight is 357 g/mol. The molecule has 2 aromatic heterocycles. The van der Waals surface area contributed by atoms with Crippen molar-refractivity contribution < 1.29 is 9.59 Å². The molecule has 0 spiro atoms. The van der Waals surface area contributed by atoms with Gasteiger partial charge < -0.3 is 10.6 Å². The number of hydrogen-bond donors (Lipinski definition) is 3. The Balaban J connectivity index is 1.67. The van der Waals surface area contributed by atoms with Crippen molar-refractivity contribution in [2.75, 3.05) is 5.32 Å². The van der Waals surface area contributed by atoms with Crippen LogP contribution in [0, 0.1) is 0 Å². The molecule has 9 heteroatoms. The van der Waals surface area contributed by atoms with Crippen molar-refractivity contribution in [1.29, 1.82) is 0 Å². The summed E-state index contributed by atoms with van der Waals surface area (Å²) in [6.45, 7) is 1.58. The summed E-state index contributed by atoms with van der Waals surface area (Å²) in [5.41, 5.74) is 0.135. The summed E-state index contributed by atoms with van der Waals surface area (Å²) in [4.78, 5) is 40.0. The van der Waals surface area contributed by atoms with E-state index in [1.54, 1.807) is 42.8 Å². The molecule has 0 radical (unpaired) electrons. The second-order valence-electron chi connectivity index (χ2n) is 5.34. The van der Waals surface area contributed by atoms with Crippen molar-refractivity contribution >= 4 is 39.1 Å². The van der Waals surface area contributed by atoms with E-state index in [1.807, 2.05) is 0 Å². The minimum atomic E-state index is -0.731. The number of aromatic nitrogens is 3. The molecule has 128 valence electrons. The highest BCUT2D eigenvalue weighted by molar-refractivity contribution is 7.13. The van der Waals surface area contributed by atoms with Crippen molar-refractivity contribution in [2.24, 2.45) is 0 Å². The number of carbonyl (C=O) groups excluding carboxylic acids is 2. The first-order chi connectivity index (χ1) is 12.0. The van der Waals surface area contributed by atoms with Gasteiger partial charge in [0.2, 0.25) is 11.8 Å². The lowest BCUT2D eigenvalue weighted by molar-refractivity contribution is -0.125. The van der Waals surface area contributed by atoms with Gasteiger partial charge in [-0.3, -0.25) is 14.4 Å². The number of aromatic amines is 1. The molecule has 2 amide bonds. The molecule has 25 heavy (non-hydrogen) atoms. The van der Waals surface area contributed by atoms with Gasteiger partial charge in [0.05, 0.1) is 17.5 Å². The van der Waals surface area contributed by atoms with E-state index in [2.05, 4.69) is 25.8 Å². The smallest absolute Gasteiger partial charge is 0.272 e. The Morgan fingerprint density at radius 3 is 2.76 bits per heavy atom. The van der Waals surface area contributed by atoms with E-state index in [-0.39, 0.29) is 23.8 Å². The Kier molecular flexibility index (Phi) is 4.85. The quantitative estimate of drug-likeness (QED) is 0.631. The number of fused-ring (bicyclic) bond motifs is 1. The predicted molar refractivity (Wildman–Crippen MR) is 94.4 cm³/mol. The van der Waals surface area contributed by atoms with Gasteiger partial charge in [0.1, 0.15) is 6.04 Å². The summed E-state index contributed by atoms with van der Waals surface area (Å²) in [5.74, 6) is -0.728. The Morgan fingerprint density at radius 2 is 2.04 bits per heavy atom. The lowest BCUT2D eigenvalue weighted by atomic mass is 10.1. The minimum absolute atomic E-state index is 0.0494. The zero-order valence-corrected chi connectivity index (χ0v) is 14.1. The topological polar surface area (TPSA) is 117 Å². The van der Waals surface area contributed by atoms with E-state index in [0.717, 1.165) is 0 Å². The lowest BCUT2D eigenvalue weighted by Gasteiger charge is -2.13. The minimum Gasteiger partial charge on any atom is -0.344 e. The number of thiazole rings is 1. The number of benzene rings is 1. The normalized spacial score (nSPS) is 11.9. The first kappa shape index (κ1) is 16.8. The lowest BCUT2D eigenvalue weighted by Crippen LogP contribution is -2.42. The summed E-state index contributed by atoms with van der Waals surface area (Å²) in [5, 5.41) is 14.9. The molecule has 0 saturated heterocycles. The summed E-state index contributed by atoms with van der Waals surface area (Å²) >= 11 is 1.29. The molecule has 3 rings (SSSR count). The molecular weight excluding hydrogens is 342 g/mol. The Labute approximate surface area is 146 Å². The van der Waals surface area contributed by atoms with Crippen LogP contribution in [0.1, 0.15) is 12.6 Å². The number of amides is 2. The second kappa shape index (κ2) is 7.22. The number of rotatable bonds is 5. The first-order valence-electron chi connectivity index (χ1n) is 7.50. The van der Waals surface area contributed by atoms with Crippen LogP contribution in [0.4, 0.5) is 5.13 Å². The van der Waals surface area contributed by atoms with Crippen molar-refractivity contribution in [3.8, 4) is 0 Å². The molecule has 0 fully saturated rings. The first-order valence-corrected chi connectivity index (χ1v) is 8.38. The zero-order chi connectivity index (χ0) is 17.8. The van der Waals surface area contributed by atoms with Crippen LogP contribution in [0.3, 0.4) is 0 Å². The van der Waals surface area contributed by atoms with Gasteiger partial charge in [0.15, 0.2) is 5.13 Å². The monoisotopic (exact) mass is 357 g/mol. The van der Waals surface area contributed by atoms with E-state index in [0.29, 0.717) is 21.6 Å². The summed E-state index contributed by atoms with van der Waals surface area (Å²) in [7, 11) is 0. The molecule has 3 N–H and O–H groups in total. The molecule has 3 aromatic rings. The zero-order valence-electron chi connectivity index (χ0n) is 13.3. The van der Waals surface area contributed by atoms with Crippen molar-refractivity contribution in [3.63, 3.8) is 0 Å². The predicted octanol–water partition coefficient (Wildman–Crippen LogP) is 1.07. The summed E-state index contributed by atoms with van der Waals surface area (Å²) in [6, 6.07) is 6.19. The van der Waals surface area contributed by atoms with Gasteiger partial charge in [-0.1, -0.05) is 18.2 Å². The fourth-order valence-electron chi connectivity index (χ4n) is 2.32. The standard InChI is InChI=1S/C16H15N5O3S/c1-9(14(23)19-16-17-6-7-25-16)18-13(22)8-12-10-4-2-3-5-11(10)15(24)21-20-12/h2-7,9H,8H2,1H3,(H,18,22)(H,21,24)(H,17,19,23)/t9-/m1/s1. The molecule has 1 aromatic carbocycles. The van der Waals surface area contributed by atoms with Gasteiger partial charge in [-0.25, -0.2) is 10.1 Å². The molecule has 2 heterocycles. The highest BCUT2D eigenvalue weighted by atomic mass is 32.1. The number of H-pyrrole nitrogens is 1. The molecule has 0 saturated carbocycles. The van der Waals surface area contributed by atoms with E-state index in [9.17, 15) is 14.4 Å². The highest BCUT2D eigenvalue weighted by Crippen LogP contribution is 2.13. The van der Waals surface area contributed by atoms with Crippen LogP contribution >= 0.6 is 11.3 Å². The van der Waals surface area contributed by atoms with Crippen LogP contribution in [0.2, 0.25) is 0 Å². The number of nitrogens with one attached hydrogen (secondary N) is 3. The van der Waals surface area contributed by atoms with Gasteiger partial charge in [-0.15, -0.1) is 11.3 Å². The fraction of sp³-hybridized carbons (Fsp3) is 0.188. The Bertz CT molecular complexity index is 967. The van der Waals surface area contributed by atoms with Crippen LogP contribution in [-0.2, 0) is 16.0 Å². The average Bonchev–Trinajstić information content (AvgIpc) is 3.10. The van der Waals surface area contributed by atoms with Gasteiger partial charge >= 0.3 is 0 Å². The summed E-state index contributed by atoms with van der Waals surface area (Å²) < 4.78 is 0. The molecule has 0 aliphatic rings. The largest absolute Gasteiger partial charge is 0.344 e.